The van der Waals surface area contributed by atoms with Gasteiger partial charge in [-0.15, -0.1) is 0 Å². The smallest absolute Gasteiger partial charge is 0.328 e. The van der Waals surface area contributed by atoms with E-state index in [-0.39, 0.29) is 17.7 Å². The zero-order valence-corrected chi connectivity index (χ0v) is 18.7. The van der Waals surface area contributed by atoms with Gasteiger partial charge in [-0.1, -0.05) is 30.3 Å². The Hall–Kier alpha value is -3.68. The third-order valence-electron chi connectivity index (χ3n) is 6.39. The van der Waals surface area contributed by atoms with E-state index in [2.05, 4.69) is 20.8 Å². The Bertz CT molecular complexity index is 1170. The van der Waals surface area contributed by atoms with Crippen molar-refractivity contribution in [3.63, 3.8) is 0 Å². The van der Waals surface area contributed by atoms with E-state index in [1.165, 1.54) is 19.4 Å². The highest BCUT2D eigenvalue weighted by Crippen LogP contribution is 2.36. The molecular formula is C25H28N4O4. The molecule has 0 aliphatic heterocycles. The molecule has 2 amide bonds. The fraction of sp³-hybridized carbons (Fsp3) is 0.360. The Morgan fingerprint density at radius 1 is 1.00 bits per heavy atom. The maximum absolute atomic E-state index is 12.6. The van der Waals surface area contributed by atoms with Crippen LogP contribution in [-0.2, 0) is 9.59 Å². The van der Waals surface area contributed by atoms with Crippen LogP contribution in [0.4, 0.5) is 5.69 Å². The lowest BCUT2D eigenvalue weighted by atomic mass is 9.78. The molecule has 1 fully saturated rings. The molecule has 0 unspecified atom stereocenters. The van der Waals surface area contributed by atoms with Crippen molar-refractivity contribution in [1.82, 2.24) is 15.5 Å². The molecule has 1 aromatic heterocycles. The van der Waals surface area contributed by atoms with Crippen molar-refractivity contribution in [2.24, 2.45) is 5.92 Å². The van der Waals surface area contributed by atoms with Crippen molar-refractivity contribution in [2.75, 3.05) is 5.32 Å². The summed E-state index contributed by atoms with van der Waals surface area (Å²) in [4.78, 5) is 36.4. The van der Waals surface area contributed by atoms with Gasteiger partial charge < -0.3 is 15.7 Å². The van der Waals surface area contributed by atoms with E-state index in [1.807, 2.05) is 48.5 Å². The maximum Gasteiger partial charge on any atom is 0.328 e. The Labute approximate surface area is 191 Å². The number of aliphatic carboxylic acids is 1. The number of H-pyrrole nitrogens is 1. The molecule has 4 N–H and O–H groups in total. The van der Waals surface area contributed by atoms with Gasteiger partial charge in [-0.2, -0.15) is 5.10 Å². The van der Waals surface area contributed by atoms with Crippen molar-refractivity contribution in [3.05, 3.63) is 59.8 Å². The summed E-state index contributed by atoms with van der Waals surface area (Å²) in [6.45, 7) is 2.99. The van der Waals surface area contributed by atoms with Crippen molar-refractivity contribution < 1.29 is 19.5 Å². The Morgan fingerprint density at radius 2 is 1.67 bits per heavy atom. The van der Waals surface area contributed by atoms with E-state index >= 15 is 0 Å². The van der Waals surface area contributed by atoms with Crippen LogP contribution in [0, 0.1) is 5.92 Å². The highest BCUT2D eigenvalue weighted by atomic mass is 16.4. The van der Waals surface area contributed by atoms with Gasteiger partial charge in [0.25, 0.3) is 5.91 Å². The van der Waals surface area contributed by atoms with E-state index in [1.54, 1.807) is 0 Å². The van der Waals surface area contributed by atoms with Crippen LogP contribution in [0.5, 0.6) is 0 Å². The number of carboxylic acids is 1. The van der Waals surface area contributed by atoms with Crippen LogP contribution in [0.25, 0.3) is 10.9 Å². The molecule has 2 aromatic carbocycles. The molecule has 0 bridgehead atoms. The standard InChI is InChI=1S/C25H28N4O4/c1-25(2,24(32)33)27-22(30)17-9-7-15(8-10-17)16-11-13-18(14-12-16)26-23(31)21-19-5-3-4-6-20(19)28-29-21/h3-6,11-15,17H,7-10H2,1-2H3,(H,26,31)(H,27,30)(H,28,29)(H,32,33). The van der Waals surface area contributed by atoms with Crippen LogP contribution in [0.2, 0.25) is 0 Å². The number of nitrogens with zero attached hydrogens (tertiary/aromatic N) is 1. The van der Waals surface area contributed by atoms with Gasteiger partial charge in [-0.25, -0.2) is 4.79 Å². The summed E-state index contributed by atoms with van der Waals surface area (Å²) < 4.78 is 0. The molecule has 1 saturated carbocycles. The van der Waals surface area contributed by atoms with E-state index in [0.29, 0.717) is 17.3 Å². The Balaban J connectivity index is 1.33. The second-order valence-corrected chi connectivity index (χ2v) is 9.16. The maximum atomic E-state index is 12.6. The molecule has 1 aliphatic carbocycles. The first kappa shape index (κ1) is 22.5. The predicted molar refractivity (Wildman–Crippen MR) is 125 cm³/mol. The van der Waals surface area contributed by atoms with Gasteiger partial charge in [0.05, 0.1) is 5.52 Å². The van der Waals surface area contributed by atoms with Gasteiger partial charge in [0, 0.05) is 17.0 Å². The average molecular weight is 449 g/mol. The summed E-state index contributed by atoms with van der Waals surface area (Å²) in [5.74, 6) is -1.33. The summed E-state index contributed by atoms with van der Waals surface area (Å²) in [7, 11) is 0. The highest BCUT2D eigenvalue weighted by molar-refractivity contribution is 6.11. The molecule has 1 heterocycles. The fourth-order valence-corrected chi connectivity index (χ4v) is 4.32. The van der Waals surface area contributed by atoms with E-state index < -0.39 is 11.5 Å². The Morgan fingerprint density at radius 3 is 2.33 bits per heavy atom. The number of hydrogen-bond acceptors (Lipinski definition) is 4. The summed E-state index contributed by atoms with van der Waals surface area (Å²) in [6.07, 6.45) is 3.15. The molecule has 8 nitrogen and oxygen atoms in total. The largest absolute Gasteiger partial charge is 0.480 e. The molecule has 0 radical (unpaired) electrons. The number of aromatic amines is 1. The van der Waals surface area contributed by atoms with Gasteiger partial charge in [0.15, 0.2) is 5.69 Å². The lowest BCUT2D eigenvalue weighted by Gasteiger charge is -2.30. The first-order valence-electron chi connectivity index (χ1n) is 11.1. The molecule has 1 aliphatic rings. The Kier molecular flexibility index (Phi) is 6.18. The zero-order valence-electron chi connectivity index (χ0n) is 18.7. The molecule has 3 aromatic rings. The van der Waals surface area contributed by atoms with E-state index in [9.17, 15) is 19.5 Å². The van der Waals surface area contributed by atoms with Crippen molar-refractivity contribution in [1.29, 1.82) is 0 Å². The molecule has 0 saturated heterocycles. The van der Waals surface area contributed by atoms with Crippen molar-refractivity contribution in [3.8, 4) is 0 Å². The lowest BCUT2D eigenvalue weighted by molar-refractivity contribution is -0.146. The number of carboxylic acid groups (broad SMARTS) is 1. The molecule has 0 spiro atoms. The van der Waals surface area contributed by atoms with Crippen LogP contribution in [0.3, 0.4) is 0 Å². The summed E-state index contributed by atoms with van der Waals surface area (Å²) in [6, 6.07) is 15.3. The molecular weight excluding hydrogens is 420 g/mol. The predicted octanol–water partition coefficient (Wildman–Crippen LogP) is 4.07. The van der Waals surface area contributed by atoms with E-state index in [0.717, 1.165) is 36.6 Å². The monoisotopic (exact) mass is 448 g/mol. The fourth-order valence-electron chi connectivity index (χ4n) is 4.32. The van der Waals surface area contributed by atoms with Crippen LogP contribution < -0.4 is 10.6 Å². The third-order valence-corrected chi connectivity index (χ3v) is 6.39. The lowest BCUT2D eigenvalue weighted by Crippen LogP contribution is -2.51. The topological polar surface area (TPSA) is 124 Å². The van der Waals surface area contributed by atoms with Crippen LogP contribution in [-0.4, -0.2) is 38.6 Å². The second-order valence-electron chi connectivity index (χ2n) is 9.16. The molecule has 172 valence electrons. The number of aromatic nitrogens is 2. The number of carbonyl (C=O) groups is 3. The molecule has 4 rings (SSSR count). The van der Waals surface area contributed by atoms with E-state index in [4.69, 9.17) is 0 Å². The summed E-state index contributed by atoms with van der Waals surface area (Å²) in [5.41, 5.74) is 1.77. The minimum atomic E-state index is -1.27. The summed E-state index contributed by atoms with van der Waals surface area (Å²) >= 11 is 0. The minimum absolute atomic E-state index is 0.165. The van der Waals surface area contributed by atoms with Gasteiger partial charge in [-0.3, -0.25) is 14.7 Å². The third kappa shape index (κ3) is 4.89. The zero-order chi connectivity index (χ0) is 23.6. The number of hydrogen-bond donors (Lipinski definition) is 4. The van der Waals surface area contributed by atoms with Gasteiger partial charge in [0.1, 0.15) is 5.54 Å². The number of carbonyl (C=O) groups excluding carboxylic acids is 2. The van der Waals surface area contributed by atoms with Crippen LogP contribution in [0.1, 0.15) is 61.5 Å². The number of nitrogens with one attached hydrogen (secondary N) is 3. The average Bonchev–Trinajstić information content (AvgIpc) is 3.24. The SMILES string of the molecule is CC(C)(NC(=O)C1CCC(c2ccc(NC(=O)c3n[nH]c4ccccc34)cc2)CC1)C(=O)O. The normalized spacial score (nSPS) is 18.6. The number of benzene rings is 2. The van der Waals surface area contributed by atoms with Crippen molar-refractivity contribution in [2.45, 2.75) is 51.0 Å². The summed E-state index contributed by atoms with van der Waals surface area (Å²) in [5, 5.41) is 22.5. The second kappa shape index (κ2) is 9.05. The number of amides is 2. The first-order chi connectivity index (χ1) is 15.7. The van der Waals surface area contributed by atoms with Gasteiger partial charge >= 0.3 is 5.97 Å². The number of anilines is 1. The first-order valence-corrected chi connectivity index (χ1v) is 11.1. The number of para-hydroxylation sites is 1. The van der Waals surface area contributed by atoms with Crippen LogP contribution in [0.15, 0.2) is 48.5 Å². The van der Waals surface area contributed by atoms with Gasteiger partial charge in [-0.05, 0) is 69.2 Å². The minimum Gasteiger partial charge on any atom is -0.480 e. The molecule has 33 heavy (non-hydrogen) atoms. The molecule has 8 heteroatoms. The number of rotatable bonds is 6. The van der Waals surface area contributed by atoms with Crippen molar-refractivity contribution >= 4 is 34.4 Å². The molecule has 0 atom stereocenters. The number of fused-ring (bicyclic) bond motifs is 1. The highest BCUT2D eigenvalue weighted by Gasteiger charge is 2.33. The van der Waals surface area contributed by atoms with Gasteiger partial charge in [0.2, 0.25) is 5.91 Å². The quantitative estimate of drug-likeness (QED) is 0.453. The van der Waals surface area contributed by atoms with Crippen LogP contribution >= 0.6 is 0 Å².